The fraction of sp³-hybridized carbons (Fsp3) is 0.111. The van der Waals surface area contributed by atoms with Gasteiger partial charge >= 0.3 is 11.9 Å². The predicted octanol–water partition coefficient (Wildman–Crippen LogP) is 0.229. The monoisotopic (exact) mass is 223 g/mol. The van der Waals surface area contributed by atoms with Gasteiger partial charge in [0.2, 0.25) is 0 Å². The van der Waals surface area contributed by atoms with E-state index in [-0.39, 0.29) is 17.1 Å². The van der Waals surface area contributed by atoms with Crippen molar-refractivity contribution in [1.82, 2.24) is 4.98 Å². The smallest absolute Gasteiger partial charge is 0.384 e. The minimum absolute atomic E-state index is 0.0427. The average Bonchev–Trinajstić information content (AvgIpc) is 2.25. The van der Waals surface area contributed by atoms with Crippen LogP contribution in [0.5, 0.6) is 0 Å². The standard InChI is InChI=1S/C9H9N3O4/c1-5(10)12-16-9(15)7-6(8(13)14)3-2-4-11-7/h2-4H,1H3,(H2,10,12)(H,13,14). The van der Waals surface area contributed by atoms with Crippen LogP contribution in [0.4, 0.5) is 0 Å². The summed E-state index contributed by atoms with van der Waals surface area (Å²) < 4.78 is 0. The first-order chi connectivity index (χ1) is 7.52. The lowest BCUT2D eigenvalue weighted by Crippen LogP contribution is -2.14. The Morgan fingerprint density at radius 2 is 2.25 bits per heavy atom. The highest BCUT2D eigenvalue weighted by atomic mass is 16.7. The molecule has 16 heavy (non-hydrogen) atoms. The number of hydrogen-bond donors (Lipinski definition) is 2. The lowest BCUT2D eigenvalue weighted by molar-refractivity contribution is 0.0497. The van der Waals surface area contributed by atoms with E-state index in [0.717, 1.165) is 0 Å². The molecule has 7 nitrogen and oxygen atoms in total. The molecule has 0 radical (unpaired) electrons. The number of carbonyl (C=O) groups excluding carboxylic acids is 1. The summed E-state index contributed by atoms with van der Waals surface area (Å²) in [5, 5.41) is 12.0. The molecule has 0 saturated heterocycles. The predicted molar refractivity (Wildman–Crippen MR) is 53.9 cm³/mol. The lowest BCUT2D eigenvalue weighted by Gasteiger charge is -2.01. The zero-order valence-corrected chi connectivity index (χ0v) is 8.38. The molecule has 0 bridgehead atoms. The number of carboxylic acids is 1. The molecule has 0 aromatic carbocycles. The van der Waals surface area contributed by atoms with Gasteiger partial charge in [0.25, 0.3) is 0 Å². The molecule has 1 aromatic rings. The number of nitrogens with two attached hydrogens (primary N) is 1. The zero-order chi connectivity index (χ0) is 12.1. The Bertz CT molecular complexity index is 452. The summed E-state index contributed by atoms with van der Waals surface area (Å²) in [5.41, 5.74) is 4.58. The normalized spacial score (nSPS) is 10.9. The Labute approximate surface area is 90.5 Å². The number of carboxylic acid groups (broad SMARTS) is 1. The maximum atomic E-state index is 11.4. The minimum atomic E-state index is -1.27. The van der Waals surface area contributed by atoms with Gasteiger partial charge in [0.05, 0.1) is 5.56 Å². The summed E-state index contributed by atoms with van der Waals surface area (Å²) in [4.78, 5) is 30.1. The van der Waals surface area contributed by atoms with Crippen LogP contribution in [0, 0.1) is 0 Å². The summed E-state index contributed by atoms with van der Waals surface area (Å²) in [5.74, 6) is -2.20. The second-order valence-electron chi connectivity index (χ2n) is 2.82. The number of amidine groups is 1. The van der Waals surface area contributed by atoms with Gasteiger partial charge in [-0.05, 0) is 19.1 Å². The number of pyridine rings is 1. The summed E-state index contributed by atoms with van der Waals surface area (Å²) in [7, 11) is 0. The largest absolute Gasteiger partial charge is 0.478 e. The summed E-state index contributed by atoms with van der Waals surface area (Å²) in [6.07, 6.45) is 1.28. The van der Waals surface area contributed by atoms with Crippen molar-refractivity contribution >= 4 is 17.8 Å². The number of rotatable bonds is 3. The van der Waals surface area contributed by atoms with Crippen LogP contribution in [0.3, 0.4) is 0 Å². The molecule has 0 aliphatic rings. The molecule has 7 heteroatoms. The van der Waals surface area contributed by atoms with E-state index < -0.39 is 11.9 Å². The summed E-state index contributed by atoms with van der Waals surface area (Å²) in [6.45, 7) is 1.42. The molecule has 0 fully saturated rings. The molecular formula is C9H9N3O4. The second-order valence-corrected chi connectivity index (χ2v) is 2.82. The molecule has 3 N–H and O–H groups in total. The molecular weight excluding hydrogens is 214 g/mol. The highest BCUT2D eigenvalue weighted by molar-refractivity contribution is 6.00. The zero-order valence-electron chi connectivity index (χ0n) is 8.38. The highest BCUT2D eigenvalue weighted by Gasteiger charge is 2.19. The number of hydrogen-bond acceptors (Lipinski definition) is 5. The van der Waals surface area contributed by atoms with E-state index in [1.807, 2.05) is 0 Å². The van der Waals surface area contributed by atoms with Crippen LogP contribution >= 0.6 is 0 Å². The molecule has 0 unspecified atom stereocenters. The van der Waals surface area contributed by atoms with Crippen LogP contribution in [0.1, 0.15) is 27.8 Å². The van der Waals surface area contributed by atoms with Crippen LogP contribution in [-0.4, -0.2) is 27.9 Å². The molecule has 1 rings (SSSR count). The van der Waals surface area contributed by atoms with Crippen molar-refractivity contribution in [3.8, 4) is 0 Å². The number of oxime groups is 1. The third kappa shape index (κ3) is 2.77. The lowest BCUT2D eigenvalue weighted by atomic mass is 10.2. The Morgan fingerprint density at radius 3 is 2.81 bits per heavy atom. The van der Waals surface area contributed by atoms with Gasteiger partial charge in [-0.3, -0.25) is 0 Å². The summed E-state index contributed by atoms with van der Waals surface area (Å²) in [6, 6.07) is 2.64. The Balaban J connectivity index is 2.99. The third-order valence-electron chi connectivity index (χ3n) is 1.50. The van der Waals surface area contributed by atoms with Crippen molar-refractivity contribution < 1.29 is 19.5 Å². The van der Waals surface area contributed by atoms with Gasteiger partial charge in [0.1, 0.15) is 5.84 Å². The van der Waals surface area contributed by atoms with Gasteiger partial charge in [0, 0.05) is 6.20 Å². The average molecular weight is 223 g/mol. The molecule has 0 spiro atoms. The van der Waals surface area contributed by atoms with Crippen molar-refractivity contribution in [3.63, 3.8) is 0 Å². The van der Waals surface area contributed by atoms with E-state index in [1.165, 1.54) is 25.3 Å². The first kappa shape index (κ1) is 11.6. The molecule has 84 valence electrons. The molecule has 1 heterocycles. The van der Waals surface area contributed by atoms with Gasteiger partial charge in [-0.25, -0.2) is 14.6 Å². The van der Waals surface area contributed by atoms with E-state index in [4.69, 9.17) is 10.8 Å². The fourth-order valence-electron chi connectivity index (χ4n) is 0.897. The van der Waals surface area contributed by atoms with Crippen LogP contribution in [0.2, 0.25) is 0 Å². The molecule has 0 atom stereocenters. The highest BCUT2D eigenvalue weighted by Crippen LogP contribution is 2.07. The maximum Gasteiger partial charge on any atom is 0.384 e. The fourth-order valence-corrected chi connectivity index (χ4v) is 0.897. The second kappa shape index (κ2) is 4.87. The van der Waals surface area contributed by atoms with Crippen LogP contribution in [0.25, 0.3) is 0 Å². The SMILES string of the molecule is C/C(N)=N\OC(=O)c1ncccc1C(=O)O. The Kier molecular flexibility index (Phi) is 3.54. The number of aromatic carboxylic acids is 1. The number of nitrogens with zero attached hydrogens (tertiary/aromatic N) is 2. The topological polar surface area (TPSA) is 115 Å². The van der Waals surface area contributed by atoms with Crippen molar-refractivity contribution in [2.45, 2.75) is 6.92 Å². The van der Waals surface area contributed by atoms with E-state index in [1.54, 1.807) is 0 Å². The van der Waals surface area contributed by atoms with Crippen LogP contribution in [-0.2, 0) is 4.84 Å². The van der Waals surface area contributed by atoms with E-state index in [0.29, 0.717) is 0 Å². The molecule has 0 amide bonds. The third-order valence-corrected chi connectivity index (χ3v) is 1.50. The van der Waals surface area contributed by atoms with Crippen molar-refractivity contribution in [2.24, 2.45) is 10.9 Å². The molecule has 0 saturated carbocycles. The Morgan fingerprint density at radius 1 is 1.56 bits per heavy atom. The van der Waals surface area contributed by atoms with Gasteiger partial charge in [-0.1, -0.05) is 5.16 Å². The molecule has 1 aromatic heterocycles. The number of carbonyl (C=O) groups is 2. The van der Waals surface area contributed by atoms with Gasteiger partial charge in [-0.15, -0.1) is 0 Å². The van der Waals surface area contributed by atoms with Gasteiger partial charge < -0.3 is 15.7 Å². The molecule has 0 aliphatic heterocycles. The van der Waals surface area contributed by atoms with Crippen molar-refractivity contribution in [2.75, 3.05) is 0 Å². The van der Waals surface area contributed by atoms with E-state index in [9.17, 15) is 9.59 Å². The van der Waals surface area contributed by atoms with E-state index in [2.05, 4.69) is 15.0 Å². The quantitative estimate of drug-likeness (QED) is 0.328. The van der Waals surface area contributed by atoms with Gasteiger partial charge in [0.15, 0.2) is 5.69 Å². The van der Waals surface area contributed by atoms with Gasteiger partial charge in [-0.2, -0.15) is 0 Å². The first-order valence-corrected chi connectivity index (χ1v) is 4.22. The Hall–Kier alpha value is -2.44. The minimum Gasteiger partial charge on any atom is -0.478 e. The van der Waals surface area contributed by atoms with Crippen molar-refractivity contribution in [3.05, 3.63) is 29.6 Å². The van der Waals surface area contributed by atoms with Crippen molar-refractivity contribution in [1.29, 1.82) is 0 Å². The molecule has 0 aliphatic carbocycles. The van der Waals surface area contributed by atoms with E-state index >= 15 is 0 Å². The van der Waals surface area contributed by atoms with Crippen LogP contribution < -0.4 is 5.73 Å². The first-order valence-electron chi connectivity index (χ1n) is 4.22. The maximum absolute atomic E-state index is 11.4. The summed E-state index contributed by atoms with van der Waals surface area (Å²) >= 11 is 0. The number of aromatic nitrogens is 1. The van der Waals surface area contributed by atoms with Crippen LogP contribution in [0.15, 0.2) is 23.5 Å².